The highest BCUT2D eigenvalue weighted by molar-refractivity contribution is 9.10. The Morgan fingerprint density at radius 3 is 2.66 bits per heavy atom. The van der Waals surface area contributed by atoms with Crippen LogP contribution in [0.25, 0.3) is 22.6 Å². The van der Waals surface area contributed by atoms with E-state index < -0.39 is 0 Å². The van der Waals surface area contributed by atoms with Gasteiger partial charge in [0, 0.05) is 33.7 Å². The van der Waals surface area contributed by atoms with Crippen molar-refractivity contribution < 1.29 is 4.79 Å². The fourth-order valence-electron chi connectivity index (χ4n) is 2.72. The number of rotatable bonds is 5. The SMILES string of the molecule is Cn1nc(-c2ccc(Cl)cc2)cc1NC(=O)Cn1nnc(-c2ccccc2Br)n1. The normalized spacial score (nSPS) is 10.9. The van der Waals surface area contributed by atoms with Gasteiger partial charge in [0.2, 0.25) is 11.7 Å². The molecule has 0 saturated heterocycles. The van der Waals surface area contributed by atoms with E-state index in [0.717, 1.165) is 21.3 Å². The van der Waals surface area contributed by atoms with Gasteiger partial charge in [-0.15, -0.1) is 10.2 Å². The van der Waals surface area contributed by atoms with Gasteiger partial charge in [-0.05, 0) is 29.5 Å². The molecule has 8 nitrogen and oxygen atoms in total. The van der Waals surface area contributed by atoms with Gasteiger partial charge in [0.15, 0.2) is 0 Å². The van der Waals surface area contributed by atoms with Crippen molar-refractivity contribution >= 4 is 39.3 Å². The molecule has 0 fully saturated rings. The summed E-state index contributed by atoms with van der Waals surface area (Å²) >= 11 is 9.38. The average Bonchev–Trinajstić information content (AvgIpc) is 3.30. The number of aromatic nitrogens is 6. The number of carbonyl (C=O) groups excluding carboxylic acids is 1. The molecule has 0 saturated carbocycles. The van der Waals surface area contributed by atoms with E-state index in [-0.39, 0.29) is 12.5 Å². The van der Waals surface area contributed by atoms with E-state index in [0.29, 0.717) is 16.7 Å². The number of benzene rings is 2. The maximum atomic E-state index is 12.4. The molecule has 2 aromatic carbocycles. The third-order valence-corrected chi connectivity index (χ3v) is 5.08. The van der Waals surface area contributed by atoms with Gasteiger partial charge in [-0.25, -0.2) is 0 Å². The van der Waals surface area contributed by atoms with Gasteiger partial charge in [-0.1, -0.05) is 51.8 Å². The lowest BCUT2D eigenvalue weighted by molar-refractivity contribution is -0.117. The molecule has 4 aromatic rings. The number of nitrogens with one attached hydrogen (secondary N) is 1. The minimum atomic E-state index is -0.285. The molecule has 0 atom stereocenters. The van der Waals surface area contributed by atoms with Crippen LogP contribution in [-0.2, 0) is 18.4 Å². The van der Waals surface area contributed by atoms with Gasteiger partial charge in [-0.3, -0.25) is 9.48 Å². The fraction of sp³-hybridized carbons (Fsp3) is 0.105. The Morgan fingerprint density at radius 2 is 1.90 bits per heavy atom. The molecule has 0 aliphatic carbocycles. The van der Waals surface area contributed by atoms with Gasteiger partial charge in [0.05, 0.1) is 5.69 Å². The van der Waals surface area contributed by atoms with E-state index in [1.165, 1.54) is 4.80 Å². The van der Waals surface area contributed by atoms with Crippen molar-refractivity contribution in [2.75, 3.05) is 5.32 Å². The number of anilines is 1. The van der Waals surface area contributed by atoms with Crippen molar-refractivity contribution in [3.05, 3.63) is 64.1 Å². The van der Waals surface area contributed by atoms with Crippen LogP contribution in [0.15, 0.2) is 59.1 Å². The molecule has 0 spiro atoms. The minimum absolute atomic E-state index is 0.0705. The van der Waals surface area contributed by atoms with Crippen LogP contribution in [0.4, 0.5) is 5.82 Å². The molecule has 4 rings (SSSR count). The molecule has 1 N–H and O–H groups in total. The Hall–Kier alpha value is -3.04. The van der Waals surface area contributed by atoms with Gasteiger partial charge in [0.25, 0.3) is 0 Å². The molecule has 0 aliphatic rings. The van der Waals surface area contributed by atoms with Crippen molar-refractivity contribution in [1.82, 2.24) is 30.0 Å². The van der Waals surface area contributed by atoms with E-state index in [9.17, 15) is 4.79 Å². The number of hydrogen-bond donors (Lipinski definition) is 1. The van der Waals surface area contributed by atoms with E-state index in [1.54, 1.807) is 29.9 Å². The van der Waals surface area contributed by atoms with Crippen molar-refractivity contribution in [3.8, 4) is 22.6 Å². The predicted octanol–water partition coefficient (Wildman–Crippen LogP) is 3.80. The smallest absolute Gasteiger partial charge is 0.249 e. The summed E-state index contributed by atoms with van der Waals surface area (Å²) in [6, 6.07) is 16.7. The minimum Gasteiger partial charge on any atom is -0.309 e. The standard InChI is InChI=1S/C19H15BrClN7O/c1-27-17(10-16(24-27)12-6-8-13(21)9-7-12)22-18(29)11-28-25-19(23-26-28)14-4-2-3-5-15(14)20/h2-10H,11H2,1H3,(H,22,29). The zero-order chi connectivity index (χ0) is 20.4. The van der Waals surface area contributed by atoms with Gasteiger partial charge >= 0.3 is 0 Å². The van der Waals surface area contributed by atoms with Crippen LogP contribution in [0.1, 0.15) is 0 Å². The molecule has 146 valence electrons. The summed E-state index contributed by atoms with van der Waals surface area (Å²) in [5, 5.41) is 20.2. The van der Waals surface area contributed by atoms with Crippen molar-refractivity contribution in [2.24, 2.45) is 7.05 Å². The number of aryl methyl sites for hydroxylation is 1. The maximum Gasteiger partial charge on any atom is 0.249 e. The first-order valence-electron chi connectivity index (χ1n) is 8.62. The Morgan fingerprint density at radius 1 is 1.14 bits per heavy atom. The summed E-state index contributed by atoms with van der Waals surface area (Å²) in [6.45, 7) is -0.0705. The number of halogens is 2. The largest absolute Gasteiger partial charge is 0.309 e. The summed E-state index contributed by atoms with van der Waals surface area (Å²) in [6.07, 6.45) is 0. The first kappa shape index (κ1) is 19.3. The van der Waals surface area contributed by atoms with Crippen LogP contribution >= 0.6 is 27.5 Å². The van der Waals surface area contributed by atoms with Crippen LogP contribution in [0, 0.1) is 0 Å². The highest BCUT2D eigenvalue weighted by atomic mass is 79.9. The molecule has 0 aliphatic heterocycles. The topological polar surface area (TPSA) is 90.5 Å². The predicted molar refractivity (Wildman–Crippen MR) is 113 cm³/mol. The fourth-order valence-corrected chi connectivity index (χ4v) is 3.31. The number of hydrogen-bond acceptors (Lipinski definition) is 5. The van der Waals surface area contributed by atoms with Gasteiger partial charge in [0.1, 0.15) is 12.4 Å². The molecular weight excluding hydrogens is 458 g/mol. The highest BCUT2D eigenvalue weighted by Crippen LogP contribution is 2.25. The molecule has 29 heavy (non-hydrogen) atoms. The number of amides is 1. The number of tetrazole rings is 1. The number of nitrogens with zero attached hydrogens (tertiary/aromatic N) is 6. The molecule has 1 amide bonds. The Balaban J connectivity index is 1.45. The Labute approximate surface area is 179 Å². The van der Waals surface area contributed by atoms with Gasteiger partial charge in [-0.2, -0.15) is 9.90 Å². The van der Waals surface area contributed by atoms with E-state index in [2.05, 4.69) is 41.8 Å². The van der Waals surface area contributed by atoms with Crippen LogP contribution in [0.2, 0.25) is 5.02 Å². The molecule has 10 heteroatoms. The summed E-state index contributed by atoms with van der Waals surface area (Å²) in [7, 11) is 1.76. The van der Waals surface area contributed by atoms with Crippen LogP contribution < -0.4 is 5.32 Å². The van der Waals surface area contributed by atoms with E-state index in [1.807, 2.05) is 36.4 Å². The van der Waals surface area contributed by atoms with E-state index >= 15 is 0 Å². The summed E-state index contributed by atoms with van der Waals surface area (Å²) in [5.41, 5.74) is 2.44. The first-order chi connectivity index (χ1) is 14.0. The highest BCUT2D eigenvalue weighted by Gasteiger charge is 2.14. The number of carbonyl (C=O) groups is 1. The lowest BCUT2D eigenvalue weighted by Gasteiger charge is -2.03. The van der Waals surface area contributed by atoms with Crippen molar-refractivity contribution in [2.45, 2.75) is 6.54 Å². The zero-order valence-electron chi connectivity index (χ0n) is 15.3. The monoisotopic (exact) mass is 471 g/mol. The molecule has 2 aromatic heterocycles. The quantitative estimate of drug-likeness (QED) is 0.477. The zero-order valence-corrected chi connectivity index (χ0v) is 17.6. The summed E-state index contributed by atoms with van der Waals surface area (Å²) in [5.74, 6) is 0.716. The second-order valence-corrected chi connectivity index (χ2v) is 7.51. The van der Waals surface area contributed by atoms with E-state index in [4.69, 9.17) is 11.6 Å². The van der Waals surface area contributed by atoms with Crippen LogP contribution in [0.5, 0.6) is 0 Å². The average molecular weight is 473 g/mol. The van der Waals surface area contributed by atoms with Crippen LogP contribution in [0.3, 0.4) is 0 Å². The third kappa shape index (κ3) is 4.36. The molecule has 0 radical (unpaired) electrons. The van der Waals surface area contributed by atoms with Crippen molar-refractivity contribution in [3.63, 3.8) is 0 Å². The second kappa shape index (κ2) is 8.14. The van der Waals surface area contributed by atoms with Gasteiger partial charge < -0.3 is 5.32 Å². The maximum absolute atomic E-state index is 12.4. The lowest BCUT2D eigenvalue weighted by Crippen LogP contribution is -2.21. The molecule has 0 unspecified atom stereocenters. The molecular formula is C19H15BrClN7O. The van der Waals surface area contributed by atoms with Crippen molar-refractivity contribution in [1.29, 1.82) is 0 Å². The van der Waals surface area contributed by atoms with Crippen LogP contribution in [-0.4, -0.2) is 35.9 Å². The Bertz CT molecular complexity index is 1170. The second-order valence-electron chi connectivity index (χ2n) is 6.22. The molecule has 0 bridgehead atoms. The first-order valence-corrected chi connectivity index (χ1v) is 9.79. The lowest BCUT2D eigenvalue weighted by atomic mass is 10.1. The Kier molecular flexibility index (Phi) is 5.41. The summed E-state index contributed by atoms with van der Waals surface area (Å²) in [4.78, 5) is 13.7. The summed E-state index contributed by atoms with van der Waals surface area (Å²) < 4.78 is 2.46. The molecule has 2 heterocycles. The third-order valence-electron chi connectivity index (χ3n) is 4.14.